The molecule has 0 unspecified atom stereocenters. The molecule has 0 aliphatic rings. The zero-order valence-corrected chi connectivity index (χ0v) is 11.3. The third kappa shape index (κ3) is 2.13. The van der Waals surface area contributed by atoms with Gasteiger partial charge in [-0.25, -0.2) is 4.98 Å². The molecule has 2 heterocycles. The highest BCUT2D eigenvalue weighted by atomic mass is 32.1. The Morgan fingerprint density at radius 1 is 1.26 bits per heavy atom. The van der Waals surface area contributed by atoms with Gasteiger partial charge in [0.05, 0.1) is 17.8 Å². The quantitative estimate of drug-likeness (QED) is 0.742. The molecule has 0 fully saturated rings. The molecule has 0 spiro atoms. The van der Waals surface area contributed by atoms with Gasteiger partial charge >= 0.3 is 0 Å². The number of benzene rings is 1. The maximum Gasteiger partial charge on any atom is 0.183 e. The molecule has 4 nitrogen and oxygen atoms in total. The van der Waals surface area contributed by atoms with Crippen LogP contribution in [0, 0.1) is 4.77 Å². The largest absolute Gasteiger partial charge is 0.494 e. The molecule has 0 amide bonds. The molecule has 2 aromatic heterocycles. The van der Waals surface area contributed by atoms with Crippen LogP contribution in [0.2, 0.25) is 0 Å². The predicted octanol–water partition coefficient (Wildman–Crippen LogP) is 3.48. The number of rotatable bonds is 3. The summed E-state index contributed by atoms with van der Waals surface area (Å²) in [5.74, 6) is 0.852. The highest BCUT2D eigenvalue weighted by Crippen LogP contribution is 2.20. The molecule has 19 heavy (non-hydrogen) atoms. The van der Waals surface area contributed by atoms with Crippen molar-refractivity contribution in [3.05, 3.63) is 47.4 Å². The lowest BCUT2D eigenvalue weighted by atomic mass is 10.3. The van der Waals surface area contributed by atoms with E-state index in [1.807, 2.05) is 47.9 Å². The van der Waals surface area contributed by atoms with Crippen LogP contribution in [0.4, 0.5) is 0 Å². The molecular formula is C14H13N3OS. The van der Waals surface area contributed by atoms with Crippen molar-refractivity contribution in [2.45, 2.75) is 6.92 Å². The van der Waals surface area contributed by atoms with E-state index in [2.05, 4.69) is 9.97 Å². The summed E-state index contributed by atoms with van der Waals surface area (Å²) >= 11 is 5.36. The van der Waals surface area contributed by atoms with Crippen molar-refractivity contribution >= 4 is 23.4 Å². The van der Waals surface area contributed by atoms with Crippen molar-refractivity contribution in [3.63, 3.8) is 0 Å². The van der Waals surface area contributed by atoms with Crippen molar-refractivity contribution in [1.82, 2.24) is 14.5 Å². The minimum absolute atomic E-state index is 0.637. The first-order chi connectivity index (χ1) is 9.29. The molecule has 1 N–H and O–H groups in total. The SMILES string of the molecule is CCOc1ccc(-n2c(=S)[nH]c3cccnc32)cc1. The second kappa shape index (κ2) is 4.85. The van der Waals surface area contributed by atoms with Crippen LogP contribution in [-0.4, -0.2) is 21.1 Å². The lowest BCUT2D eigenvalue weighted by molar-refractivity contribution is 0.340. The van der Waals surface area contributed by atoms with Gasteiger partial charge in [0.15, 0.2) is 10.4 Å². The standard InChI is InChI=1S/C14H13N3OS/c1-2-18-11-7-5-10(6-8-11)17-13-12(16-14(17)19)4-3-9-15-13/h3-9H,2H2,1H3,(H,16,19). The number of imidazole rings is 1. The fourth-order valence-electron chi connectivity index (χ4n) is 2.04. The van der Waals surface area contributed by atoms with Crippen molar-refractivity contribution in [2.75, 3.05) is 6.61 Å². The zero-order valence-electron chi connectivity index (χ0n) is 10.5. The van der Waals surface area contributed by atoms with Crippen molar-refractivity contribution < 1.29 is 4.74 Å². The second-order valence-corrected chi connectivity index (χ2v) is 4.45. The number of fused-ring (bicyclic) bond motifs is 1. The van der Waals surface area contributed by atoms with E-state index in [1.165, 1.54) is 0 Å². The van der Waals surface area contributed by atoms with Crippen molar-refractivity contribution in [2.24, 2.45) is 0 Å². The van der Waals surface area contributed by atoms with Gasteiger partial charge in [-0.2, -0.15) is 0 Å². The normalized spacial score (nSPS) is 10.8. The van der Waals surface area contributed by atoms with E-state index < -0.39 is 0 Å². The van der Waals surface area contributed by atoms with E-state index in [0.717, 1.165) is 22.6 Å². The van der Waals surface area contributed by atoms with Gasteiger partial charge in [0, 0.05) is 6.20 Å². The topological polar surface area (TPSA) is 42.8 Å². The van der Waals surface area contributed by atoms with Gasteiger partial charge in [-0.3, -0.25) is 4.57 Å². The van der Waals surface area contributed by atoms with Gasteiger partial charge in [-0.05, 0) is 55.5 Å². The highest BCUT2D eigenvalue weighted by Gasteiger charge is 2.07. The van der Waals surface area contributed by atoms with Crippen LogP contribution >= 0.6 is 12.2 Å². The average Bonchev–Trinajstić information content (AvgIpc) is 2.76. The van der Waals surface area contributed by atoms with E-state index in [0.29, 0.717) is 11.4 Å². The van der Waals surface area contributed by atoms with Gasteiger partial charge in [-0.15, -0.1) is 0 Å². The summed E-state index contributed by atoms with van der Waals surface area (Å²) in [4.78, 5) is 7.52. The Hall–Kier alpha value is -2.14. The van der Waals surface area contributed by atoms with E-state index in [4.69, 9.17) is 17.0 Å². The van der Waals surface area contributed by atoms with Crippen LogP contribution in [0.5, 0.6) is 5.75 Å². The summed E-state index contributed by atoms with van der Waals surface area (Å²) in [6.45, 7) is 2.63. The van der Waals surface area contributed by atoms with E-state index in [9.17, 15) is 0 Å². The fraction of sp³-hybridized carbons (Fsp3) is 0.143. The van der Waals surface area contributed by atoms with Gasteiger partial charge in [-0.1, -0.05) is 0 Å². The molecule has 0 atom stereocenters. The molecular weight excluding hydrogens is 258 g/mol. The van der Waals surface area contributed by atoms with Gasteiger partial charge in [0.1, 0.15) is 5.75 Å². The summed E-state index contributed by atoms with van der Waals surface area (Å²) < 4.78 is 7.99. The molecule has 0 aliphatic carbocycles. The summed E-state index contributed by atoms with van der Waals surface area (Å²) in [7, 11) is 0. The first-order valence-electron chi connectivity index (χ1n) is 6.08. The lowest BCUT2D eigenvalue weighted by Crippen LogP contribution is -1.96. The molecule has 96 valence electrons. The Kier molecular flexibility index (Phi) is 3.05. The summed E-state index contributed by atoms with van der Waals surface area (Å²) in [6.07, 6.45) is 1.76. The lowest BCUT2D eigenvalue weighted by Gasteiger charge is -2.06. The van der Waals surface area contributed by atoms with Gasteiger partial charge in [0.2, 0.25) is 0 Å². The molecule has 0 saturated heterocycles. The Balaban J connectivity index is 2.13. The van der Waals surface area contributed by atoms with Crippen LogP contribution in [0.3, 0.4) is 0 Å². The van der Waals surface area contributed by atoms with E-state index in [-0.39, 0.29) is 0 Å². The van der Waals surface area contributed by atoms with Crippen LogP contribution in [0.25, 0.3) is 16.9 Å². The number of ether oxygens (including phenoxy) is 1. The summed E-state index contributed by atoms with van der Waals surface area (Å²) in [6, 6.07) is 11.7. The molecule has 0 radical (unpaired) electrons. The highest BCUT2D eigenvalue weighted by molar-refractivity contribution is 7.71. The summed E-state index contributed by atoms with van der Waals surface area (Å²) in [5.41, 5.74) is 2.73. The maximum absolute atomic E-state index is 5.44. The number of H-pyrrole nitrogens is 1. The minimum Gasteiger partial charge on any atom is -0.494 e. The molecule has 1 aromatic carbocycles. The molecule has 3 aromatic rings. The Bertz CT molecular complexity index is 758. The number of nitrogens with one attached hydrogen (secondary N) is 1. The average molecular weight is 271 g/mol. The fourth-order valence-corrected chi connectivity index (χ4v) is 2.34. The predicted molar refractivity (Wildman–Crippen MR) is 77.4 cm³/mol. The Labute approximate surface area is 115 Å². The van der Waals surface area contributed by atoms with Crippen LogP contribution in [0.1, 0.15) is 6.92 Å². The van der Waals surface area contributed by atoms with Crippen LogP contribution in [0.15, 0.2) is 42.6 Å². The van der Waals surface area contributed by atoms with Crippen molar-refractivity contribution in [3.8, 4) is 11.4 Å². The second-order valence-electron chi connectivity index (χ2n) is 4.07. The first-order valence-corrected chi connectivity index (χ1v) is 6.49. The molecule has 0 bridgehead atoms. The Morgan fingerprint density at radius 3 is 2.79 bits per heavy atom. The number of aromatic amines is 1. The van der Waals surface area contributed by atoms with Crippen molar-refractivity contribution in [1.29, 1.82) is 0 Å². The summed E-state index contributed by atoms with van der Waals surface area (Å²) in [5, 5.41) is 0. The number of hydrogen-bond donors (Lipinski definition) is 1. The van der Waals surface area contributed by atoms with Gasteiger partial charge in [0.25, 0.3) is 0 Å². The molecule has 5 heteroatoms. The van der Waals surface area contributed by atoms with Crippen LogP contribution < -0.4 is 4.74 Å². The third-order valence-electron chi connectivity index (χ3n) is 2.85. The monoisotopic (exact) mass is 271 g/mol. The molecule has 0 aliphatic heterocycles. The smallest absolute Gasteiger partial charge is 0.183 e. The maximum atomic E-state index is 5.44. The zero-order chi connectivity index (χ0) is 13.2. The first kappa shape index (κ1) is 11.9. The third-order valence-corrected chi connectivity index (χ3v) is 3.13. The number of hydrogen-bond acceptors (Lipinski definition) is 3. The number of aromatic nitrogens is 3. The van der Waals surface area contributed by atoms with Crippen LogP contribution in [-0.2, 0) is 0 Å². The number of nitrogens with zero attached hydrogens (tertiary/aromatic N) is 2. The minimum atomic E-state index is 0.637. The van der Waals surface area contributed by atoms with Gasteiger partial charge < -0.3 is 9.72 Å². The van der Waals surface area contributed by atoms with E-state index in [1.54, 1.807) is 6.20 Å². The Morgan fingerprint density at radius 2 is 2.05 bits per heavy atom. The number of pyridine rings is 1. The molecule has 3 rings (SSSR count). The van der Waals surface area contributed by atoms with E-state index >= 15 is 0 Å². The molecule has 0 saturated carbocycles.